The molecule has 1 aromatic carbocycles. The lowest BCUT2D eigenvalue weighted by Gasteiger charge is -2.34. The standard InChI is InChI=1S/C26H32N8O3/c1-4-23(35)33-9-5-6-19(17-33)34-24(36)16-27-21-15-28-26(30-25(21)34)29-20-8-7-18(14-22(20)37-3)32-12-10-31(2)11-13-32/h4,7-8,14-16,19H,1,5-6,9-13,17H2,2-3H3,(H,28,29,30)/t19-/m0/s1. The minimum atomic E-state index is -0.260. The number of likely N-dealkylation sites (tertiary alicyclic amines) is 1. The normalized spacial score (nSPS) is 18.6. The Morgan fingerprint density at radius 1 is 1.16 bits per heavy atom. The molecule has 0 saturated carbocycles. The zero-order valence-corrected chi connectivity index (χ0v) is 21.3. The van der Waals surface area contributed by atoms with Crippen molar-refractivity contribution in [3.63, 3.8) is 0 Å². The molecule has 11 heteroatoms. The number of amides is 1. The van der Waals surface area contributed by atoms with Crippen molar-refractivity contribution in [2.75, 3.05) is 63.6 Å². The fourth-order valence-corrected chi connectivity index (χ4v) is 5.00. The highest BCUT2D eigenvalue weighted by atomic mass is 16.5. The second-order valence-corrected chi connectivity index (χ2v) is 9.45. The van der Waals surface area contributed by atoms with Crippen molar-refractivity contribution in [3.05, 3.63) is 53.6 Å². The molecule has 2 aliphatic rings. The van der Waals surface area contributed by atoms with Crippen LogP contribution in [0, 0.1) is 0 Å². The molecular weight excluding hydrogens is 472 g/mol. The number of piperazine rings is 1. The summed E-state index contributed by atoms with van der Waals surface area (Å²) in [5, 5.41) is 3.24. The smallest absolute Gasteiger partial charge is 0.270 e. The SMILES string of the molecule is C=CC(=O)N1CCC[C@H](n2c(=O)cnc3cnc(Nc4ccc(N5CCN(C)CC5)cc4OC)nc32)C1. The van der Waals surface area contributed by atoms with E-state index in [9.17, 15) is 9.59 Å². The molecule has 4 heterocycles. The van der Waals surface area contributed by atoms with Crippen molar-refractivity contribution in [3.8, 4) is 5.75 Å². The van der Waals surface area contributed by atoms with E-state index in [1.165, 1.54) is 12.3 Å². The Morgan fingerprint density at radius 2 is 1.97 bits per heavy atom. The molecule has 11 nitrogen and oxygen atoms in total. The third-order valence-corrected chi connectivity index (χ3v) is 7.08. The number of ether oxygens (including phenoxy) is 1. The van der Waals surface area contributed by atoms with Crippen LogP contribution < -0.4 is 20.5 Å². The summed E-state index contributed by atoms with van der Waals surface area (Å²) in [5.74, 6) is 0.865. The minimum absolute atomic E-state index is 0.139. The van der Waals surface area contributed by atoms with E-state index in [0.29, 0.717) is 36.0 Å². The van der Waals surface area contributed by atoms with Gasteiger partial charge in [0.1, 0.15) is 11.3 Å². The molecule has 1 atom stereocenters. The van der Waals surface area contributed by atoms with E-state index < -0.39 is 0 Å². The van der Waals surface area contributed by atoms with E-state index in [-0.39, 0.29) is 17.5 Å². The van der Waals surface area contributed by atoms with Crippen LogP contribution in [0.1, 0.15) is 18.9 Å². The number of nitrogens with zero attached hydrogens (tertiary/aromatic N) is 7. The highest BCUT2D eigenvalue weighted by molar-refractivity contribution is 5.87. The summed E-state index contributed by atoms with van der Waals surface area (Å²) in [4.78, 5) is 44.8. The molecule has 2 fully saturated rings. The van der Waals surface area contributed by atoms with E-state index in [1.54, 1.807) is 22.8 Å². The minimum Gasteiger partial charge on any atom is -0.494 e. The number of nitrogens with one attached hydrogen (secondary N) is 1. The first-order valence-electron chi connectivity index (χ1n) is 12.5. The van der Waals surface area contributed by atoms with Gasteiger partial charge in [0.2, 0.25) is 11.9 Å². The van der Waals surface area contributed by atoms with E-state index in [2.05, 4.69) is 49.8 Å². The Labute approximate surface area is 215 Å². The molecule has 1 N–H and O–H groups in total. The number of hydrogen-bond donors (Lipinski definition) is 1. The molecule has 3 aromatic rings. The van der Waals surface area contributed by atoms with Crippen molar-refractivity contribution >= 4 is 34.4 Å². The van der Waals surface area contributed by atoms with Crippen LogP contribution in [0.2, 0.25) is 0 Å². The van der Waals surface area contributed by atoms with Gasteiger partial charge < -0.3 is 24.8 Å². The van der Waals surface area contributed by atoms with Gasteiger partial charge >= 0.3 is 0 Å². The number of methoxy groups -OCH3 is 1. The molecule has 5 rings (SSSR count). The van der Waals surface area contributed by atoms with Crippen molar-refractivity contribution in [1.29, 1.82) is 0 Å². The molecule has 2 aliphatic heterocycles. The molecule has 2 aromatic heterocycles. The fraction of sp³-hybridized carbons (Fsp3) is 0.423. The van der Waals surface area contributed by atoms with E-state index in [4.69, 9.17) is 4.74 Å². The zero-order valence-electron chi connectivity index (χ0n) is 21.3. The van der Waals surface area contributed by atoms with Crippen molar-refractivity contribution in [2.45, 2.75) is 18.9 Å². The van der Waals surface area contributed by atoms with Gasteiger partial charge in [0.05, 0.1) is 31.2 Å². The molecule has 0 aliphatic carbocycles. The lowest BCUT2D eigenvalue weighted by Crippen LogP contribution is -2.44. The predicted molar refractivity (Wildman–Crippen MR) is 143 cm³/mol. The van der Waals surface area contributed by atoms with Crippen LogP contribution >= 0.6 is 0 Å². The number of fused-ring (bicyclic) bond motifs is 1. The summed E-state index contributed by atoms with van der Waals surface area (Å²) in [6.07, 6.45) is 5.73. The average Bonchev–Trinajstić information content (AvgIpc) is 2.93. The number of carbonyl (C=O) groups is 1. The number of benzene rings is 1. The highest BCUT2D eigenvalue weighted by Gasteiger charge is 2.26. The van der Waals surface area contributed by atoms with Gasteiger partial charge in [-0.15, -0.1) is 0 Å². The fourth-order valence-electron chi connectivity index (χ4n) is 5.00. The summed E-state index contributed by atoms with van der Waals surface area (Å²) < 4.78 is 7.30. The van der Waals surface area contributed by atoms with Crippen LogP contribution in [0.15, 0.2) is 48.0 Å². The first-order chi connectivity index (χ1) is 18.0. The van der Waals surface area contributed by atoms with Gasteiger partial charge in [-0.2, -0.15) is 4.98 Å². The lowest BCUT2D eigenvalue weighted by molar-refractivity contribution is -0.127. The van der Waals surface area contributed by atoms with Crippen LogP contribution in [0.4, 0.5) is 17.3 Å². The van der Waals surface area contributed by atoms with Gasteiger partial charge in [-0.1, -0.05) is 6.58 Å². The Hall–Kier alpha value is -3.99. The van der Waals surface area contributed by atoms with Gasteiger partial charge in [0, 0.05) is 51.0 Å². The van der Waals surface area contributed by atoms with Crippen LogP contribution in [-0.4, -0.2) is 88.7 Å². The van der Waals surface area contributed by atoms with Gasteiger partial charge in [-0.05, 0) is 38.1 Å². The average molecular weight is 505 g/mol. The largest absolute Gasteiger partial charge is 0.494 e. The number of anilines is 3. The second kappa shape index (κ2) is 10.6. The maximum atomic E-state index is 12.9. The number of rotatable bonds is 6. The number of piperidine rings is 1. The van der Waals surface area contributed by atoms with Crippen molar-refractivity contribution in [1.82, 2.24) is 29.3 Å². The Bertz CT molecular complexity index is 1370. The third kappa shape index (κ3) is 5.12. The lowest BCUT2D eigenvalue weighted by atomic mass is 10.1. The highest BCUT2D eigenvalue weighted by Crippen LogP contribution is 2.32. The summed E-state index contributed by atoms with van der Waals surface area (Å²) in [7, 11) is 3.77. The second-order valence-electron chi connectivity index (χ2n) is 9.45. The maximum absolute atomic E-state index is 12.9. The predicted octanol–water partition coefficient (Wildman–Crippen LogP) is 2.04. The molecule has 0 radical (unpaired) electrons. The van der Waals surface area contributed by atoms with Crippen molar-refractivity contribution < 1.29 is 9.53 Å². The first-order valence-corrected chi connectivity index (χ1v) is 12.5. The van der Waals surface area contributed by atoms with Gasteiger partial charge in [-0.3, -0.25) is 14.2 Å². The van der Waals surface area contributed by atoms with Crippen LogP contribution in [-0.2, 0) is 4.79 Å². The topological polar surface area (TPSA) is 109 Å². The van der Waals surface area contributed by atoms with Crippen LogP contribution in [0.3, 0.4) is 0 Å². The number of likely N-dealkylation sites (N-methyl/N-ethyl adjacent to an activating group) is 1. The summed E-state index contributed by atoms with van der Waals surface area (Å²) in [6, 6.07) is 5.81. The summed E-state index contributed by atoms with van der Waals surface area (Å²) in [5.41, 5.74) is 2.50. The number of carbonyl (C=O) groups excluding carboxylic acids is 1. The van der Waals surface area contributed by atoms with Crippen LogP contribution in [0.5, 0.6) is 5.75 Å². The van der Waals surface area contributed by atoms with Gasteiger partial charge in [0.15, 0.2) is 5.65 Å². The summed E-state index contributed by atoms with van der Waals surface area (Å²) in [6.45, 7) is 8.60. The molecule has 37 heavy (non-hydrogen) atoms. The Morgan fingerprint density at radius 3 is 2.73 bits per heavy atom. The molecule has 2 saturated heterocycles. The first kappa shape index (κ1) is 24.7. The van der Waals surface area contributed by atoms with Crippen molar-refractivity contribution in [2.24, 2.45) is 0 Å². The van der Waals surface area contributed by atoms with E-state index in [1.807, 2.05) is 12.1 Å². The Kier molecular flexibility index (Phi) is 7.04. The van der Waals surface area contributed by atoms with E-state index >= 15 is 0 Å². The molecule has 0 unspecified atom stereocenters. The van der Waals surface area contributed by atoms with Gasteiger partial charge in [0.25, 0.3) is 5.56 Å². The molecule has 1 amide bonds. The maximum Gasteiger partial charge on any atom is 0.270 e. The molecular formula is C26H32N8O3. The molecule has 0 bridgehead atoms. The number of hydrogen-bond acceptors (Lipinski definition) is 9. The quantitative estimate of drug-likeness (QED) is 0.505. The van der Waals surface area contributed by atoms with Gasteiger partial charge in [-0.25, -0.2) is 9.97 Å². The Balaban J connectivity index is 1.44. The molecule has 0 spiro atoms. The van der Waals surface area contributed by atoms with E-state index in [0.717, 1.165) is 50.4 Å². The zero-order chi connectivity index (χ0) is 25.9. The molecule has 194 valence electrons. The summed E-state index contributed by atoms with van der Waals surface area (Å²) >= 11 is 0. The third-order valence-electron chi connectivity index (χ3n) is 7.08. The monoisotopic (exact) mass is 504 g/mol. The number of aromatic nitrogens is 4. The van der Waals surface area contributed by atoms with Crippen LogP contribution in [0.25, 0.3) is 11.2 Å².